The number of carbonyl (C=O) groups is 3. The number of nitrogens with zero attached hydrogens (tertiary/aromatic N) is 7. The van der Waals surface area contributed by atoms with Gasteiger partial charge < -0.3 is 54.0 Å². The molecule has 0 unspecified atom stereocenters. The molecule has 0 saturated carbocycles. The predicted molar refractivity (Wildman–Crippen MR) is 270 cm³/mol. The Kier molecular flexibility index (Phi) is 14.8. The molecule has 4 aromatic carbocycles. The van der Waals surface area contributed by atoms with Crippen LogP contribution in [0.1, 0.15) is 99.3 Å². The van der Waals surface area contributed by atoms with Gasteiger partial charge >= 0.3 is 6.09 Å². The number of carbonyl (C=O) groups excluding carboxylic acids is 3. The highest BCUT2D eigenvalue weighted by molar-refractivity contribution is 5.87. The second-order valence-electron chi connectivity index (χ2n) is 19.9. The van der Waals surface area contributed by atoms with Gasteiger partial charge in [0.2, 0.25) is 11.8 Å². The average molecular weight is 1060 g/mol. The number of para-hydroxylation sites is 1. The number of benzene rings is 4. The number of H-pyrrole nitrogens is 2. The van der Waals surface area contributed by atoms with Crippen LogP contribution >= 0.6 is 0 Å². The van der Waals surface area contributed by atoms with Crippen molar-refractivity contribution in [2.24, 2.45) is 0 Å². The summed E-state index contributed by atoms with van der Waals surface area (Å²) in [5.41, 5.74) is 1.15. The van der Waals surface area contributed by atoms with Crippen LogP contribution in [0.3, 0.4) is 0 Å². The topological polar surface area (TPSA) is 164 Å². The van der Waals surface area contributed by atoms with E-state index in [-0.39, 0.29) is 73.1 Å². The van der Waals surface area contributed by atoms with Crippen molar-refractivity contribution in [3.8, 4) is 0 Å². The van der Waals surface area contributed by atoms with Crippen molar-refractivity contribution in [2.75, 3.05) is 75.3 Å². The number of ether oxygens (including phenoxy) is 3. The maximum atomic E-state index is 16.9. The lowest BCUT2D eigenvalue weighted by molar-refractivity contribution is -0.137. The van der Waals surface area contributed by atoms with E-state index >= 15 is 17.6 Å². The maximum absolute atomic E-state index is 16.9. The molecule has 2 aromatic heterocycles. The molecular formula is C54H59F6N10O6. The number of aromatic nitrogens is 4. The molecule has 0 spiro atoms. The number of hydrogen-bond acceptors (Lipinski definition) is 11. The molecule has 3 N–H and O–H groups in total. The molecular weight excluding hydrogens is 999 g/mol. The highest BCUT2D eigenvalue weighted by Gasteiger charge is 2.42. The summed E-state index contributed by atoms with van der Waals surface area (Å²) >= 11 is 0. The predicted octanol–water partition coefficient (Wildman–Crippen LogP) is 9.01. The van der Waals surface area contributed by atoms with Crippen molar-refractivity contribution in [1.29, 1.82) is 0 Å². The number of hydrogen-bond donors (Lipinski definition) is 3. The van der Waals surface area contributed by atoms with E-state index in [1.165, 1.54) is 55.7 Å². The van der Waals surface area contributed by atoms with Crippen molar-refractivity contribution in [1.82, 2.24) is 35.1 Å². The van der Waals surface area contributed by atoms with Crippen LogP contribution in [0.2, 0.25) is 0 Å². The number of nitrogens with one attached hydrogen (secondary N) is 3. The zero-order chi connectivity index (χ0) is 53.7. The van der Waals surface area contributed by atoms with Crippen LogP contribution in [0, 0.1) is 41.3 Å². The van der Waals surface area contributed by atoms with Crippen LogP contribution in [0.5, 0.6) is 0 Å². The van der Waals surface area contributed by atoms with Crippen LogP contribution < -0.4 is 20.0 Å². The summed E-state index contributed by atoms with van der Waals surface area (Å²) in [5, 5.41) is 2.56. The number of piperazine rings is 1. The third-order valence-corrected chi connectivity index (χ3v) is 15.5. The molecule has 4 aliphatic heterocycles. The Labute approximate surface area is 434 Å². The number of rotatable bonds is 14. The summed E-state index contributed by atoms with van der Waals surface area (Å²) in [6.07, 6.45) is 2.44. The highest BCUT2D eigenvalue weighted by Crippen LogP contribution is 2.50. The Morgan fingerprint density at radius 2 is 1.13 bits per heavy atom. The number of methoxy groups -OCH3 is 3. The lowest BCUT2D eigenvalue weighted by Gasteiger charge is -2.38. The zero-order valence-electron chi connectivity index (χ0n) is 42.6. The van der Waals surface area contributed by atoms with Crippen LogP contribution in [-0.4, -0.2) is 126 Å². The summed E-state index contributed by atoms with van der Waals surface area (Å²) in [6, 6.07) is 7.67. The summed E-state index contributed by atoms with van der Waals surface area (Å²) < 4.78 is 112. The first-order valence-corrected chi connectivity index (χ1v) is 25.5. The molecule has 1 radical (unpaired) electrons. The van der Waals surface area contributed by atoms with Gasteiger partial charge in [0.15, 0.2) is 11.6 Å². The van der Waals surface area contributed by atoms with E-state index in [1.807, 2.05) is 0 Å². The van der Waals surface area contributed by atoms with Gasteiger partial charge in [0.25, 0.3) is 0 Å². The second kappa shape index (κ2) is 21.5. The summed E-state index contributed by atoms with van der Waals surface area (Å²) in [4.78, 5) is 63.6. The van der Waals surface area contributed by atoms with Crippen molar-refractivity contribution < 1.29 is 54.9 Å². The van der Waals surface area contributed by atoms with Crippen molar-refractivity contribution >= 4 is 57.0 Å². The normalized spacial score (nSPS) is 21.3. The summed E-state index contributed by atoms with van der Waals surface area (Å²) in [7, 11) is 4.12. The van der Waals surface area contributed by atoms with E-state index in [0.717, 1.165) is 30.7 Å². The molecule has 4 aliphatic rings. The minimum atomic E-state index is -1.08. The van der Waals surface area contributed by atoms with E-state index in [0.29, 0.717) is 66.1 Å². The zero-order valence-corrected chi connectivity index (χ0v) is 42.6. The van der Waals surface area contributed by atoms with Gasteiger partial charge in [0.1, 0.15) is 52.3 Å². The standard InChI is InChI=1S/C54H59F6N10O6/c1-28(74-3)21-47(71)68-15-7-11-45(68)51-61-39-24-31(35(57)26-41(39)63-51)43-13-14-44(70(43)30-22-37(59)50(38(60)23-30)67-19-17-66(18-20-67)49-33(55)9-6-10-34(49)56)32-25-40-42(27-36(32)58)64-52(62-40)46-12-8-16-69(46)53(72)48(29(2)75-4)65-54(73)76-5/h6,9-10,21-29,43-46,48H,7-8,11-20H2,1-5H3,(H,61,63)(H,62,64)(H,65,73)/t28-,29-,43-,44-,45+,46+,48+/m1/s1. The van der Waals surface area contributed by atoms with E-state index in [2.05, 4.69) is 15.3 Å². The molecule has 403 valence electrons. The fourth-order valence-corrected chi connectivity index (χ4v) is 11.6. The van der Waals surface area contributed by atoms with Gasteiger partial charge in [-0.3, -0.25) is 9.59 Å². The van der Waals surface area contributed by atoms with Crippen molar-refractivity contribution in [3.05, 3.63) is 119 Å². The third-order valence-electron chi connectivity index (χ3n) is 15.5. The molecule has 6 heterocycles. The molecule has 76 heavy (non-hydrogen) atoms. The Balaban J connectivity index is 0.997. The van der Waals surface area contributed by atoms with Gasteiger partial charge in [-0.2, -0.15) is 0 Å². The monoisotopic (exact) mass is 1060 g/mol. The molecule has 22 heteroatoms. The average Bonchev–Trinajstić information content (AvgIpc) is 4.32. The molecule has 3 amide bonds. The molecule has 4 fully saturated rings. The largest absolute Gasteiger partial charge is 0.453 e. The van der Waals surface area contributed by atoms with Crippen LogP contribution in [0.25, 0.3) is 22.1 Å². The summed E-state index contributed by atoms with van der Waals surface area (Å²) in [5.74, 6) is -4.50. The van der Waals surface area contributed by atoms with Gasteiger partial charge in [0.05, 0.1) is 72.0 Å². The van der Waals surface area contributed by atoms with E-state index in [9.17, 15) is 23.2 Å². The first kappa shape index (κ1) is 52.4. The number of aromatic amines is 2. The number of fused-ring (bicyclic) bond motifs is 2. The highest BCUT2D eigenvalue weighted by atomic mass is 19.2. The number of likely N-dealkylation sites (tertiary alicyclic amines) is 2. The minimum Gasteiger partial charge on any atom is -0.453 e. The van der Waals surface area contributed by atoms with E-state index < -0.39 is 89.3 Å². The number of alkyl carbamates (subject to hydrolysis) is 1. The lowest BCUT2D eigenvalue weighted by Crippen LogP contribution is -2.54. The fourth-order valence-electron chi connectivity index (χ4n) is 11.6. The number of anilines is 3. The van der Waals surface area contributed by atoms with Gasteiger partial charge in [-0.1, -0.05) is 6.07 Å². The Hall–Kier alpha value is -7.07. The lowest BCUT2D eigenvalue weighted by atomic mass is 10.0. The molecule has 0 aliphatic carbocycles. The third kappa shape index (κ3) is 9.84. The molecule has 0 bridgehead atoms. The van der Waals surface area contributed by atoms with E-state index in [1.54, 1.807) is 40.7 Å². The van der Waals surface area contributed by atoms with Gasteiger partial charge in [-0.15, -0.1) is 0 Å². The number of imidazole rings is 2. The molecule has 6 aromatic rings. The SMILES string of the molecule is COC(=O)N[C@H](C(=O)N1CCC[C@H]1c1nc2cc([C@H]3CC[C@H](c4cc5nc([C@@H]6CCCN6C(=O)[CH][C@@H](C)OC)[nH]c5cc4F)N3c3cc(F)c(N4CCN(c5c(F)cccc5F)CC4)c(F)c3)c(F)cc2[nH]1)[C@@H](C)OC. The van der Waals surface area contributed by atoms with Crippen LogP contribution in [0.4, 0.5) is 48.2 Å². The quantitative estimate of drug-likeness (QED) is 0.0893. The smallest absolute Gasteiger partial charge is 0.407 e. The Morgan fingerprint density at radius 1 is 0.632 bits per heavy atom. The molecule has 7 atom stereocenters. The van der Waals surface area contributed by atoms with E-state index in [4.69, 9.17) is 24.2 Å². The molecule has 16 nitrogen and oxygen atoms in total. The maximum Gasteiger partial charge on any atom is 0.407 e. The number of amides is 3. The fraction of sp³-hybridized carbons (Fsp3) is 0.444. The van der Waals surface area contributed by atoms with Gasteiger partial charge in [0, 0.05) is 70.3 Å². The van der Waals surface area contributed by atoms with Gasteiger partial charge in [-0.05, 0) is 101 Å². The van der Waals surface area contributed by atoms with Crippen molar-refractivity contribution in [3.63, 3.8) is 0 Å². The first-order valence-electron chi connectivity index (χ1n) is 25.5. The number of halogens is 6. The summed E-state index contributed by atoms with van der Waals surface area (Å²) in [6.45, 7) is 4.44. The Bertz CT molecular complexity index is 3120. The van der Waals surface area contributed by atoms with Crippen molar-refractivity contribution in [2.45, 2.75) is 94.8 Å². The molecule has 10 rings (SSSR count). The minimum absolute atomic E-state index is 0.00454. The van der Waals surface area contributed by atoms with Gasteiger partial charge in [-0.25, -0.2) is 41.1 Å². The first-order chi connectivity index (χ1) is 36.6. The van der Waals surface area contributed by atoms with Crippen LogP contribution in [-0.2, 0) is 23.8 Å². The second-order valence-corrected chi connectivity index (χ2v) is 19.9. The molecule has 4 saturated heterocycles. The Morgan fingerprint density at radius 3 is 1.63 bits per heavy atom. The van der Waals surface area contributed by atoms with Crippen LogP contribution in [0.15, 0.2) is 54.6 Å².